The van der Waals surface area contributed by atoms with E-state index in [4.69, 9.17) is 11.5 Å². The highest BCUT2D eigenvalue weighted by Crippen LogP contribution is 2.26. The molecule has 1 atom stereocenters. The molecule has 0 saturated heterocycles. The molecule has 1 rings (SSSR count). The smallest absolute Gasteiger partial charge is 0.240 e. The van der Waals surface area contributed by atoms with Gasteiger partial charge in [0.1, 0.15) is 6.04 Å². The van der Waals surface area contributed by atoms with E-state index in [2.05, 4.69) is 25.8 Å². The number of thiazole rings is 1. The lowest BCUT2D eigenvalue weighted by atomic mass is 9.98. The lowest BCUT2D eigenvalue weighted by molar-refractivity contribution is -0.119. The number of nitrogens with two attached hydrogens (primary N) is 2. The Morgan fingerprint density at radius 3 is 2.50 bits per heavy atom. The molecule has 78 valence electrons. The van der Waals surface area contributed by atoms with Crippen LogP contribution in [0.25, 0.3) is 0 Å². The second-order valence-corrected chi connectivity index (χ2v) is 5.07. The van der Waals surface area contributed by atoms with Crippen LogP contribution < -0.4 is 11.5 Å². The molecule has 4 N–H and O–H groups in total. The molecule has 1 heterocycles. The van der Waals surface area contributed by atoms with Crippen LogP contribution in [0.15, 0.2) is 5.38 Å². The van der Waals surface area contributed by atoms with Crippen molar-refractivity contribution < 1.29 is 4.79 Å². The largest absolute Gasteiger partial charge is 0.368 e. The fraction of sp³-hybridized carbons (Fsp3) is 0.556. The number of primary amides is 1. The SMILES string of the molecule is CC(C)(C)c1nc(C(N)C(N)=O)cs1. The van der Waals surface area contributed by atoms with Gasteiger partial charge in [-0.3, -0.25) is 4.79 Å². The highest BCUT2D eigenvalue weighted by Gasteiger charge is 2.21. The maximum absolute atomic E-state index is 10.8. The fourth-order valence-electron chi connectivity index (χ4n) is 0.919. The van der Waals surface area contributed by atoms with Gasteiger partial charge in [0.2, 0.25) is 5.91 Å². The number of amides is 1. The average molecular weight is 213 g/mol. The molecule has 4 nitrogen and oxygen atoms in total. The fourth-order valence-corrected chi connectivity index (χ4v) is 1.86. The zero-order valence-electron chi connectivity index (χ0n) is 8.57. The third-order valence-corrected chi connectivity index (χ3v) is 3.07. The Hall–Kier alpha value is -0.940. The molecule has 14 heavy (non-hydrogen) atoms. The Kier molecular flexibility index (Phi) is 2.92. The van der Waals surface area contributed by atoms with E-state index >= 15 is 0 Å². The predicted molar refractivity (Wildman–Crippen MR) is 56.9 cm³/mol. The van der Waals surface area contributed by atoms with E-state index in [9.17, 15) is 4.79 Å². The summed E-state index contributed by atoms with van der Waals surface area (Å²) >= 11 is 1.50. The van der Waals surface area contributed by atoms with Crippen LogP contribution in [-0.4, -0.2) is 10.9 Å². The number of rotatable bonds is 2. The maximum atomic E-state index is 10.8. The van der Waals surface area contributed by atoms with Crippen LogP contribution in [0.4, 0.5) is 0 Å². The molecular weight excluding hydrogens is 198 g/mol. The van der Waals surface area contributed by atoms with Gasteiger partial charge in [-0.2, -0.15) is 0 Å². The van der Waals surface area contributed by atoms with Gasteiger partial charge < -0.3 is 11.5 Å². The molecule has 0 fully saturated rings. The molecule has 5 heteroatoms. The minimum Gasteiger partial charge on any atom is -0.368 e. The van der Waals surface area contributed by atoms with Crippen LogP contribution in [0.1, 0.15) is 37.5 Å². The van der Waals surface area contributed by atoms with Crippen LogP contribution in [0.2, 0.25) is 0 Å². The van der Waals surface area contributed by atoms with Crippen molar-refractivity contribution >= 4 is 17.2 Å². The van der Waals surface area contributed by atoms with Gasteiger partial charge in [0.25, 0.3) is 0 Å². The molecule has 0 aliphatic carbocycles. The van der Waals surface area contributed by atoms with Crippen molar-refractivity contribution in [3.63, 3.8) is 0 Å². The van der Waals surface area contributed by atoms with Crippen molar-refractivity contribution in [3.05, 3.63) is 16.1 Å². The molecule has 0 spiro atoms. The second kappa shape index (κ2) is 3.67. The number of aromatic nitrogens is 1. The quantitative estimate of drug-likeness (QED) is 0.766. The molecule has 0 aromatic carbocycles. The van der Waals surface area contributed by atoms with Crippen LogP contribution >= 0.6 is 11.3 Å². The first-order valence-electron chi connectivity index (χ1n) is 4.33. The normalized spacial score (nSPS) is 14.0. The van der Waals surface area contributed by atoms with Crippen molar-refractivity contribution in [1.29, 1.82) is 0 Å². The predicted octanol–water partition coefficient (Wildman–Crippen LogP) is 0.926. The van der Waals surface area contributed by atoms with Crippen LogP contribution in [0.3, 0.4) is 0 Å². The Labute approximate surface area is 87.3 Å². The van der Waals surface area contributed by atoms with E-state index in [1.165, 1.54) is 11.3 Å². The molecule has 1 unspecified atom stereocenters. The molecule has 0 bridgehead atoms. The Morgan fingerprint density at radius 1 is 1.57 bits per heavy atom. The van der Waals surface area contributed by atoms with Crippen LogP contribution in [0.5, 0.6) is 0 Å². The molecule has 0 radical (unpaired) electrons. The van der Waals surface area contributed by atoms with Gasteiger partial charge in [-0.25, -0.2) is 4.98 Å². The molecule has 1 amide bonds. The van der Waals surface area contributed by atoms with Gasteiger partial charge in [-0.15, -0.1) is 11.3 Å². The van der Waals surface area contributed by atoms with Crippen LogP contribution in [0, 0.1) is 0 Å². The van der Waals surface area contributed by atoms with Crippen molar-refractivity contribution in [2.45, 2.75) is 32.2 Å². The van der Waals surface area contributed by atoms with E-state index in [1.54, 1.807) is 5.38 Å². The van der Waals surface area contributed by atoms with E-state index in [-0.39, 0.29) is 5.41 Å². The number of carbonyl (C=O) groups is 1. The number of hydrogen-bond acceptors (Lipinski definition) is 4. The third-order valence-electron chi connectivity index (χ3n) is 1.79. The molecule has 1 aromatic rings. The van der Waals surface area contributed by atoms with Gasteiger partial charge in [-0.1, -0.05) is 20.8 Å². The van der Waals surface area contributed by atoms with Gasteiger partial charge in [0.15, 0.2) is 0 Å². The van der Waals surface area contributed by atoms with Crippen molar-refractivity contribution in [3.8, 4) is 0 Å². The van der Waals surface area contributed by atoms with Crippen molar-refractivity contribution in [2.24, 2.45) is 11.5 Å². The second-order valence-electron chi connectivity index (χ2n) is 4.21. The van der Waals surface area contributed by atoms with Crippen LogP contribution in [-0.2, 0) is 10.2 Å². The topological polar surface area (TPSA) is 82.0 Å². The summed E-state index contributed by atoms with van der Waals surface area (Å²) in [5, 5.41) is 2.75. The monoisotopic (exact) mass is 213 g/mol. The summed E-state index contributed by atoms with van der Waals surface area (Å²) in [5.74, 6) is -0.546. The molecule has 0 aliphatic rings. The summed E-state index contributed by atoms with van der Waals surface area (Å²) in [7, 11) is 0. The minimum absolute atomic E-state index is 0.0136. The summed E-state index contributed by atoms with van der Waals surface area (Å²) in [5.41, 5.74) is 11.2. The van der Waals surface area contributed by atoms with Gasteiger partial charge >= 0.3 is 0 Å². The highest BCUT2D eigenvalue weighted by molar-refractivity contribution is 7.09. The number of carbonyl (C=O) groups excluding carboxylic acids is 1. The van der Waals surface area contributed by atoms with Gasteiger partial charge in [0.05, 0.1) is 10.7 Å². The van der Waals surface area contributed by atoms with Crippen molar-refractivity contribution in [2.75, 3.05) is 0 Å². The minimum atomic E-state index is -0.789. The van der Waals surface area contributed by atoms with E-state index in [0.29, 0.717) is 5.69 Å². The molecular formula is C9H15N3OS. The molecule has 0 saturated carbocycles. The number of hydrogen-bond donors (Lipinski definition) is 2. The van der Waals surface area contributed by atoms with Gasteiger partial charge in [0, 0.05) is 10.8 Å². The Bertz CT molecular complexity index is 340. The summed E-state index contributed by atoms with van der Waals surface area (Å²) in [4.78, 5) is 15.1. The van der Waals surface area contributed by atoms with E-state index in [1.807, 2.05) is 0 Å². The first kappa shape index (κ1) is 11.1. The first-order chi connectivity index (χ1) is 6.32. The number of nitrogens with zero attached hydrogens (tertiary/aromatic N) is 1. The summed E-state index contributed by atoms with van der Waals surface area (Å²) in [6.45, 7) is 6.18. The summed E-state index contributed by atoms with van der Waals surface area (Å²) in [6, 6.07) is -0.789. The zero-order valence-corrected chi connectivity index (χ0v) is 9.39. The standard InChI is InChI=1S/C9H15N3OS/c1-9(2,3)8-12-5(4-14-8)6(10)7(11)13/h4,6H,10H2,1-3H3,(H2,11,13). The summed E-state index contributed by atoms with van der Waals surface area (Å²) < 4.78 is 0. The maximum Gasteiger partial charge on any atom is 0.240 e. The summed E-state index contributed by atoms with van der Waals surface area (Å²) in [6.07, 6.45) is 0. The zero-order chi connectivity index (χ0) is 10.9. The lowest BCUT2D eigenvalue weighted by Crippen LogP contribution is -2.28. The van der Waals surface area contributed by atoms with Crippen molar-refractivity contribution in [1.82, 2.24) is 4.98 Å². The third kappa shape index (κ3) is 2.30. The molecule has 1 aromatic heterocycles. The molecule has 0 aliphatic heterocycles. The van der Waals surface area contributed by atoms with E-state index in [0.717, 1.165) is 5.01 Å². The highest BCUT2D eigenvalue weighted by atomic mass is 32.1. The van der Waals surface area contributed by atoms with Gasteiger partial charge in [-0.05, 0) is 0 Å². The Morgan fingerprint density at radius 2 is 2.14 bits per heavy atom. The lowest BCUT2D eigenvalue weighted by Gasteiger charge is -2.13. The Balaban J connectivity index is 2.94. The average Bonchev–Trinajstić information content (AvgIpc) is 2.49. The first-order valence-corrected chi connectivity index (χ1v) is 5.21. The van der Waals surface area contributed by atoms with E-state index < -0.39 is 11.9 Å².